The Balaban J connectivity index is 1.58. The van der Waals surface area contributed by atoms with Crippen LogP contribution in [0.3, 0.4) is 0 Å². The molecule has 32 heavy (non-hydrogen) atoms. The lowest BCUT2D eigenvalue weighted by Gasteiger charge is -2.11. The number of anilines is 1. The molecule has 0 aliphatic carbocycles. The van der Waals surface area contributed by atoms with Gasteiger partial charge in [0.15, 0.2) is 28.5 Å². The number of benzene rings is 2. The molecule has 1 N–H and O–H groups in total. The van der Waals surface area contributed by atoms with Gasteiger partial charge in [0.1, 0.15) is 0 Å². The molecule has 0 fully saturated rings. The van der Waals surface area contributed by atoms with Gasteiger partial charge in [-0.15, -0.1) is 0 Å². The first kappa shape index (κ1) is 20.3. The predicted molar refractivity (Wildman–Crippen MR) is 112 cm³/mol. The molecule has 0 saturated carbocycles. The van der Waals surface area contributed by atoms with Gasteiger partial charge in [0, 0.05) is 17.3 Å². The van der Waals surface area contributed by atoms with E-state index in [1.54, 1.807) is 48.5 Å². The average molecular weight is 505 g/mol. The average Bonchev–Trinajstić information content (AvgIpc) is 3.37. The summed E-state index contributed by atoms with van der Waals surface area (Å²) in [5.74, 6) is 0.269. The largest absolute Gasteiger partial charge is 0.454 e. The lowest BCUT2D eigenvalue weighted by Crippen LogP contribution is -2.15. The molecule has 0 spiro atoms. The molecule has 4 aromatic rings. The lowest BCUT2D eigenvalue weighted by molar-refractivity contribution is -0.142. The van der Waals surface area contributed by atoms with Crippen molar-refractivity contribution in [1.82, 2.24) is 14.6 Å². The Bertz CT molecular complexity index is 1360. The fraction of sp³-hybridized carbons (Fsp3) is 0.0952. The molecule has 0 radical (unpaired) electrons. The maximum atomic E-state index is 13.8. The van der Waals surface area contributed by atoms with Gasteiger partial charge >= 0.3 is 6.18 Å². The SMILES string of the molecule is O=C(Nc1ccc2c(c1)OCO2)c1nn2c(C(F)(F)F)cc(-c3ccccc3)nc2c1Br. The molecule has 7 nitrogen and oxygen atoms in total. The molecule has 1 aliphatic rings. The smallest absolute Gasteiger partial charge is 0.433 e. The van der Waals surface area contributed by atoms with Crippen LogP contribution in [0.4, 0.5) is 18.9 Å². The lowest BCUT2D eigenvalue weighted by atomic mass is 10.1. The first-order chi connectivity index (χ1) is 15.3. The summed E-state index contributed by atoms with van der Waals surface area (Å²) >= 11 is 3.20. The van der Waals surface area contributed by atoms with Gasteiger partial charge < -0.3 is 14.8 Å². The molecule has 0 saturated heterocycles. The summed E-state index contributed by atoms with van der Waals surface area (Å²) < 4.78 is 52.5. The van der Waals surface area contributed by atoms with Gasteiger partial charge in [0.2, 0.25) is 6.79 Å². The summed E-state index contributed by atoms with van der Waals surface area (Å²) in [7, 11) is 0. The molecule has 2 aromatic carbocycles. The fourth-order valence-corrected chi connectivity index (χ4v) is 3.78. The van der Waals surface area contributed by atoms with E-state index < -0.39 is 17.8 Å². The Hall–Kier alpha value is -3.60. The highest BCUT2D eigenvalue weighted by molar-refractivity contribution is 9.10. The number of hydrogen-bond donors (Lipinski definition) is 1. The van der Waals surface area contributed by atoms with E-state index >= 15 is 0 Å². The Morgan fingerprint density at radius 3 is 2.56 bits per heavy atom. The molecule has 1 amide bonds. The van der Waals surface area contributed by atoms with Crippen LogP contribution in [-0.4, -0.2) is 27.3 Å². The van der Waals surface area contributed by atoms with Gasteiger partial charge in [-0.25, -0.2) is 9.50 Å². The highest BCUT2D eigenvalue weighted by atomic mass is 79.9. The van der Waals surface area contributed by atoms with Crippen LogP contribution in [0.5, 0.6) is 11.5 Å². The third-order valence-corrected chi connectivity index (χ3v) is 5.47. The molecule has 0 bridgehead atoms. The minimum atomic E-state index is -4.72. The zero-order chi connectivity index (χ0) is 22.5. The first-order valence-electron chi connectivity index (χ1n) is 9.24. The molecule has 1 aliphatic heterocycles. The van der Waals surface area contributed by atoms with Crippen LogP contribution in [0.2, 0.25) is 0 Å². The molecule has 0 unspecified atom stereocenters. The number of alkyl halides is 3. The topological polar surface area (TPSA) is 77.8 Å². The number of halogens is 4. The molecule has 162 valence electrons. The number of carbonyl (C=O) groups is 1. The van der Waals surface area contributed by atoms with Crippen LogP contribution in [0.1, 0.15) is 16.2 Å². The van der Waals surface area contributed by atoms with Crippen molar-refractivity contribution in [3.05, 3.63) is 70.5 Å². The summed E-state index contributed by atoms with van der Waals surface area (Å²) in [5, 5.41) is 6.51. The van der Waals surface area contributed by atoms with Crippen LogP contribution < -0.4 is 14.8 Å². The summed E-state index contributed by atoms with van der Waals surface area (Å²) in [5.41, 5.74) is -0.449. The number of carbonyl (C=O) groups excluding carboxylic acids is 1. The fourth-order valence-electron chi connectivity index (χ4n) is 3.26. The highest BCUT2D eigenvalue weighted by Crippen LogP contribution is 2.36. The van der Waals surface area contributed by atoms with Crippen LogP contribution in [-0.2, 0) is 6.18 Å². The van der Waals surface area contributed by atoms with E-state index in [1.807, 2.05) is 0 Å². The number of nitrogens with zero attached hydrogens (tertiary/aromatic N) is 3. The monoisotopic (exact) mass is 504 g/mol. The van der Waals surface area contributed by atoms with Crippen molar-refractivity contribution in [2.75, 3.05) is 12.1 Å². The minimum absolute atomic E-state index is 0.0408. The van der Waals surface area contributed by atoms with Crippen molar-refractivity contribution >= 4 is 33.2 Å². The molecular weight excluding hydrogens is 493 g/mol. The van der Waals surface area contributed by atoms with Gasteiger partial charge in [-0.3, -0.25) is 4.79 Å². The van der Waals surface area contributed by atoms with E-state index in [2.05, 4.69) is 31.3 Å². The number of fused-ring (bicyclic) bond motifs is 2. The number of rotatable bonds is 3. The second kappa shape index (κ2) is 7.52. The number of ether oxygens (including phenoxy) is 2. The third kappa shape index (κ3) is 3.54. The Labute approximate surface area is 186 Å². The van der Waals surface area contributed by atoms with E-state index in [0.29, 0.717) is 27.3 Å². The van der Waals surface area contributed by atoms with Gasteiger partial charge in [0.05, 0.1) is 10.2 Å². The Kier molecular flexibility index (Phi) is 4.77. The van der Waals surface area contributed by atoms with Crippen LogP contribution in [0.15, 0.2) is 59.1 Å². The van der Waals surface area contributed by atoms with Crippen molar-refractivity contribution < 1.29 is 27.4 Å². The number of nitrogens with one attached hydrogen (secondary N) is 1. The second-order valence-electron chi connectivity index (χ2n) is 6.81. The van der Waals surface area contributed by atoms with Crippen LogP contribution in [0.25, 0.3) is 16.9 Å². The second-order valence-corrected chi connectivity index (χ2v) is 7.60. The zero-order valence-corrected chi connectivity index (χ0v) is 17.6. The van der Waals surface area contributed by atoms with E-state index in [1.165, 1.54) is 0 Å². The third-order valence-electron chi connectivity index (χ3n) is 4.74. The Morgan fingerprint density at radius 2 is 1.81 bits per heavy atom. The molecule has 2 aromatic heterocycles. The molecule has 3 heterocycles. The van der Waals surface area contributed by atoms with Crippen LogP contribution >= 0.6 is 15.9 Å². The van der Waals surface area contributed by atoms with Crippen molar-refractivity contribution in [3.63, 3.8) is 0 Å². The normalized spacial score (nSPS) is 12.9. The molecular formula is C21H12BrF3N4O3. The van der Waals surface area contributed by atoms with Gasteiger partial charge in [-0.05, 0) is 34.1 Å². The molecule has 11 heteroatoms. The highest BCUT2D eigenvalue weighted by Gasteiger charge is 2.36. The van der Waals surface area contributed by atoms with Gasteiger partial charge in [-0.2, -0.15) is 18.3 Å². The van der Waals surface area contributed by atoms with Crippen molar-refractivity contribution in [2.45, 2.75) is 6.18 Å². The van der Waals surface area contributed by atoms with Gasteiger partial charge in [0.25, 0.3) is 5.91 Å². The summed E-state index contributed by atoms with van der Waals surface area (Å²) in [6.45, 7) is 0.0698. The summed E-state index contributed by atoms with van der Waals surface area (Å²) in [4.78, 5) is 17.1. The first-order valence-corrected chi connectivity index (χ1v) is 10.0. The van der Waals surface area contributed by atoms with Crippen molar-refractivity contribution in [2.24, 2.45) is 0 Å². The van der Waals surface area contributed by atoms with E-state index in [0.717, 1.165) is 6.07 Å². The van der Waals surface area contributed by atoms with Crippen molar-refractivity contribution in [1.29, 1.82) is 0 Å². The quantitative estimate of drug-likeness (QED) is 0.417. The maximum absolute atomic E-state index is 13.8. The number of aromatic nitrogens is 3. The summed E-state index contributed by atoms with van der Waals surface area (Å²) in [6.07, 6.45) is -4.72. The molecule has 0 atom stereocenters. The minimum Gasteiger partial charge on any atom is -0.454 e. The van der Waals surface area contributed by atoms with Gasteiger partial charge in [-0.1, -0.05) is 30.3 Å². The summed E-state index contributed by atoms with van der Waals surface area (Å²) in [6, 6.07) is 14.1. The molecule has 5 rings (SSSR count). The van der Waals surface area contributed by atoms with E-state index in [-0.39, 0.29) is 28.3 Å². The van der Waals surface area contributed by atoms with E-state index in [9.17, 15) is 18.0 Å². The van der Waals surface area contributed by atoms with Crippen LogP contribution in [0, 0.1) is 0 Å². The number of amides is 1. The maximum Gasteiger partial charge on any atom is 0.433 e. The zero-order valence-electron chi connectivity index (χ0n) is 16.0. The number of hydrogen-bond acceptors (Lipinski definition) is 5. The Morgan fingerprint density at radius 1 is 1.06 bits per heavy atom. The van der Waals surface area contributed by atoms with E-state index in [4.69, 9.17) is 9.47 Å². The van der Waals surface area contributed by atoms with Crippen molar-refractivity contribution in [3.8, 4) is 22.8 Å². The standard InChI is InChI=1S/C21H12BrF3N4O3/c22-17-18(20(30)26-12-6-7-14-15(8-12)32-10-31-14)28-29-16(21(23,24)25)9-13(27-19(17)29)11-4-2-1-3-5-11/h1-9H,10H2,(H,26,30). The predicted octanol–water partition coefficient (Wildman–Crippen LogP) is 5.16.